The third kappa shape index (κ3) is 14.1. The zero-order valence-corrected chi connectivity index (χ0v) is 26.6. The van der Waals surface area contributed by atoms with Crippen LogP contribution >= 0.6 is 11.8 Å². The van der Waals surface area contributed by atoms with Gasteiger partial charge in [0.05, 0.1) is 13.5 Å². The van der Waals surface area contributed by atoms with E-state index >= 15 is 0 Å². The molecule has 0 bridgehead atoms. The molecule has 2 aromatic rings. The second-order valence-electron chi connectivity index (χ2n) is 11.8. The van der Waals surface area contributed by atoms with Crippen LogP contribution in [0.3, 0.4) is 0 Å². The average Bonchev–Trinajstić information content (AvgIpc) is 2.88. The van der Waals surface area contributed by atoms with E-state index in [1.54, 1.807) is 43.1 Å². The number of benzene rings is 2. The van der Waals surface area contributed by atoms with Crippen LogP contribution < -0.4 is 26.3 Å². The molecule has 10 nitrogen and oxygen atoms in total. The molecule has 2 aromatic carbocycles. The van der Waals surface area contributed by atoms with Gasteiger partial charge in [0.1, 0.15) is 11.8 Å². The number of unbranched alkanes of at least 4 members (excludes halogenated alkanes) is 1. The van der Waals surface area contributed by atoms with Gasteiger partial charge in [0.15, 0.2) is 11.5 Å². The average molecular weight is 606 g/mol. The number of amides is 1. The predicted octanol–water partition coefficient (Wildman–Crippen LogP) is 5.66. The van der Waals surface area contributed by atoms with E-state index in [1.807, 2.05) is 32.9 Å². The van der Waals surface area contributed by atoms with Gasteiger partial charge in [0.2, 0.25) is 5.91 Å². The Kier molecular flexibility index (Phi) is 14.9. The molecule has 0 saturated carbocycles. The molecule has 1 atom stereocenters. The number of anilines is 1. The molecule has 11 heteroatoms. The van der Waals surface area contributed by atoms with Crippen molar-refractivity contribution in [3.8, 4) is 17.2 Å². The number of carbonyl (C=O) groups is 3. The largest absolute Gasteiger partial charge is 0.493 e. The van der Waals surface area contributed by atoms with Crippen LogP contribution in [0.15, 0.2) is 36.4 Å². The lowest BCUT2D eigenvalue weighted by atomic mass is 9.95. The highest BCUT2D eigenvalue weighted by molar-refractivity contribution is 7.99. The van der Waals surface area contributed by atoms with Gasteiger partial charge in [0, 0.05) is 27.2 Å². The Hall–Kier alpha value is -3.28. The summed E-state index contributed by atoms with van der Waals surface area (Å²) in [7, 11) is 1.54. The van der Waals surface area contributed by atoms with Gasteiger partial charge in [-0.25, -0.2) is 0 Å². The Labute approximate surface area is 253 Å². The molecular weight excluding hydrogens is 558 g/mol. The second kappa shape index (κ2) is 17.0. The smallest absolute Gasteiger partial charge is 0.320 e. The first-order chi connectivity index (χ1) is 19.5. The number of thioether (sulfide) groups is 1. The minimum atomic E-state index is -0.933. The minimum Gasteiger partial charge on any atom is -0.493 e. The van der Waals surface area contributed by atoms with Crippen molar-refractivity contribution in [3.63, 3.8) is 0 Å². The van der Waals surface area contributed by atoms with Crippen molar-refractivity contribution >= 4 is 35.3 Å². The highest BCUT2D eigenvalue weighted by Gasteiger charge is 2.22. The van der Waals surface area contributed by atoms with Gasteiger partial charge in [0.25, 0.3) is 0 Å². The number of aliphatic carboxylic acids is 2. The van der Waals surface area contributed by atoms with Gasteiger partial charge >= 0.3 is 11.9 Å². The molecule has 0 aliphatic carbocycles. The molecule has 0 aliphatic rings. The van der Waals surface area contributed by atoms with Crippen molar-refractivity contribution in [2.45, 2.75) is 83.8 Å². The number of methoxy groups -OCH3 is 1. The van der Waals surface area contributed by atoms with E-state index in [1.165, 1.54) is 0 Å². The van der Waals surface area contributed by atoms with Gasteiger partial charge < -0.3 is 36.5 Å². The summed E-state index contributed by atoms with van der Waals surface area (Å²) in [5, 5.41) is 20.4. The Balaban J connectivity index is 0.000000752. The summed E-state index contributed by atoms with van der Waals surface area (Å²) in [6, 6.07) is 9.93. The molecule has 234 valence electrons. The fourth-order valence-electron chi connectivity index (χ4n) is 3.32. The zero-order valence-electron chi connectivity index (χ0n) is 25.8. The maximum atomic E-state index is 12.4. The maximum absolute atomic E-state index is 12.4. The molecule has 0 aromatic heterocycles. The van der Waals surface area contributed by atoms with Crippen LogP contribution in [0.2, 0.25) is 0 Å². The number of carboxylic acids is 2. The van der Waals surface area contributed by atoms with Crippen LogP contribution in [-0.2, 0) is 26.6 Å². The number of hydrogen-bond donors (Lipinski definition) is 5. The van der Waals surface area contributed by atoms with Gasteiger partial charge in [-0.1, -0.05) is 54.0 Å². The fourth-order valence-corrected chi connectivity index (χ4v) is 4.13. The monoisotopic (exact) mass is 605 g/mol. The Morgan fingerprint density at radius 2 is 1.60 bits per heavy atom. The third-order valence-electron chi connectivity index (χ3n) is 5.75. The standard InChI is InChI=1S/C25H33NO5S.C6H14N2O2/c1-24(2,3)23(29)26-18-9-11-19(17(14-18)15-32-25(4,5)6)31-21-12-16(13-22(27)28)8-10-20(21)30-7;7-4-2-1-3-5(8)6(9)10/h8-12,14H,13,15H2,1-7H3,(H,26,29)(H,27,28);5H,1-4,7-8H2,(H,9,10)/t;5-/m.0/s1. The molecule has 2 rings (SSSR count). The molecule has 0 saturated heterocycles. The maximum Gasteiger partial charge on any atom is 0.320 e. The van der Waals surface area contributed by atoms with Crippen molar-refractivity contribution in [1.82, 2.24) is 0 Å². The lowest BCUT2D eigenvalue weighted by molar-refractivity contribution is -0.139. The van der Waals surface area contributed by atoms with Crippen molar-refractivity contribution < 1.29 is 34.1 Å². The fraction of sp³-hybridized carbons (Fsp3) is 0.516. The molecule has 42 heavy (non-hydrogen) atoms. The van der Waals surface area contributed by atoms with Crippen LogP contribution in [0, 0.1) is 5.41 Å². The van der Waals surface area contributed by atoms with E-state index in [0.717, 1.165) is 18.4 Å². The summed E-state index contributed by atoms with van der Waals surface area (Å²) in [4.78, 5) is 33.7. The Morgan fingerprint density at radius 1 is 0.952 bits per heavy atom. The quantitative estimate of drug-likeness (QED) is 0.179. The summed E-state index contributed by atoms with van der Waals surface area (Å²) in [6.45, 7) is 12.6. The van der Waals surface area contributed by atoms with Crippen molar-refractivity contribution in [3.05, 3.63) is 47.5 Å². The van der Waals surface area contributed by atoms with E-state index in [-0.39, 0.29) is 17.1 Å². The number of ether oxygens (including phenoxy) is 2. The van der Waals surface area contributed by atoms with Crippen LogP contribution in [-0.4, -0.2) is 52.5 Å². The van der Waals surface area contributed by atoms with Crippen LogP contribution in [0.1, 0.15) is 71.9 Å². The van der Waals surface area contributed by atoms with E-state index < -0.39 is 23.4 Å². The molecule has 1 amide bonds. The van der Waals surface area contributed by atoms with Crippen LogP contribution in [0.5, 0.6) is 17.2 Å². The number of hydrogen-bond acceptors (Lipinski definition) is 8. The number of carboxylic acid groups (broad SMARTS) is 2. The van der Waals surface area contributed by atoms with Crippen LogP contribution in [0.4, 0.5) is 5.69 Å². The molecular formula is C31H47N3O7S. The van der Waals surface area contributed by atoms with E-state index in [4.69, 9.17) is 31.2 Å². The first-order valence-electron chi connectivity index (χ1n) is 13.8. The second-order valence-corrected chi connectivity index (χ2v) is 13.6. The lowest BCUT2D eigenvalue weighted by Crippen LogP contribution is -2.29. The normalized spacial score (nSPS) is 12.0. The van der Waals surface area contributed by atoms with E-state index in [2.05, 4.69) is 26.1 Å². The SMILES string of the molecule is COc1ccc(CC(=O)O)cc1Oc1ccc(NC(=O)C(C)(C)C)cc1CSC(C)(C)C.NCCCC[C@H](N)C(=O)O. The molecule has 7 N–H and O–H groups in total. The Bertz CT molecular complexity index is 1190. The number of nitrogens with one attached hydrogen (secondary N) is 1. The van der Waals surface area contributed by atoms with Crippen molar-refractivity contribution in [2.24, 2.45) is 16.9 Å². The summed E-state index contributed by atoms with van der Waals surface area (Å²) < 4.78 is 11.7. The summed E-state index contributed by atoms with van der Waals surface area (Å²) in [5.41, 5.74) is 12.2. The first kappa shape index (κ1) is 36.7. The number of nitrogens with two attached hydrogens (primary N) is 2. The summed E-state index contributed by atoms with van der Waals surface area (Å²) in [6.07, 6.45) is 2.06. The molecule has 0 unspecified atom stereocenters. The highest BCUT2D eigenvalue weighted by atomic mass is 32.2. The van der Waals surface area contributed by atoms with E-state index in [0.29, 0.717) is 47.2 Å². The predicted molar refractivity (Wildman–Crippen MR) is 168 cm³/mol. The molecule has 0 spiro atoms. The number of carbonyl (C=O) groups excluding carboxylic acids is 1. The van der Waals surface area contributed by atoms with Gasteiger partial charge in [-0.3, -0.25) is 14.4 Å². The number of rotatable bonds is 13. The molecule has 0 aliphatic heterocycles. The van der Waals surface area contributed by atoms with Crippen LogP contribution in [0.25, 0.3) is 0 Å². The van der Waals surface area contributed by atoms with E-state index in [9.17, 15) is 14.4 Å². The highest BCUT2D eigenvalue weighted by Crippen LogP contribution is 2.38. The van der Waals surface area contributed by atoms with Crippen molar-refractivity contribution in [2.75, 3.05) is 19.0 Å². The Morgan fingerprint density at radius 3 is 2.12 bits per heavy atom. The first-order valence-corrected chi connectivity index (χ1v) is 14.8. The third-order valence-corrected chi connectivity index (χ3v) is 7.07. The van der Waals surface area contributed by atoms with Gasteiger partial charge in [-0.05, 0) is 55.3 Å². The molecule has 0 fully saturated rings. The topological polar surface area (TPSA) is 174 Å². The van der Waals surface area contributed by atoms with Gasteiger partial charge in [-0.15, -0.1) is 0 Å². The zero-order chi connectivity index (χ0) is 32.1. The van der Waals surface area contributed by atoms with Crippen molar-refractivity contribution in [1.29, 1.82) is 0 Å². The summed E-state index contributed by atoms with van der Waals surface area (Å²) >= 11 is 1.76. The van der Waals surface area contributed by atoms with Gasteiger partial charge in [-0.2, -0.15) is 11.8 Å². The molecule has 0 heterocycles. The lowest BCUT2D eigenvalue weighted by Gasteiger charge is -2.21. The minimum absolute atomic E-state index is 0.0427. The summed E-state index contributed by atoms with van der Waals surface area (Å²) in [5.74, 6) is 0.345. The molecule has 0 radical (unpaired) electrons.